The molecule has 1 fully saturated rings. The number of thioether (sulfide) groups is 1. The van der Waals surface area contributed by atoms with Gasteiger partial charge in [-0.3, -0.25) is 9.59 Å². The van der Waals surface area contributed by atoms with E-state index in [0.29, 0.717) is 19.4 Å². The van der Waals surface area contributed by atoms with Crippen molar-refractivity contribution < 1.29 is 9.59 Å². The predicted octanol–water partition coefficient (Wildman–Crippen LogP) is 2.04. The van der Waals surface area contributed by atoms with Crippen molar-refractivity contribution in [3.63, 3.8) is 0 Å². The van der Waals surface area contributed by atoms with Gasteiger partial charge in [-0.1, -0.05) is 20.8 Å². The highest BCUT2D eigenvalue weighted by Gasteiger charge is 2.52. The van der Waals surface area contributed by atoms with E-state index in [-0.39, 0.29) is 11.8 Å². The lowest BCUT2D eigenvalue weighted by Gasteiger charge is -2.49. The fraction of sp³-hybridized carbons (Fsp3) is 0.857. The van der Waals surface area contributed by atoms with Gasteiger partial charge in [-0.15, -0.1) is 0 Å². The second-order valence-electron chi connectivity index (χ2n) is 5.42. The van der Waals surface area contributed by atoms with Crippen LogP contribution in [-0.2, 0) is 9.59 Å². The summed E-state index contributed by atoms with van der Waals surface area (Å²) >= 11 is 1.80. The molecule has 2 atom stereocenters. The van der Waals surface area contributed by atoms with E-state index in [4.69, 9.17) is 0 Å². The molecule has 0 aromatic carbocycles. The molecule has 2 amide bonds. The van der Waals surface area contributed by atoms with E-state index in [0.717, 1.165) is 11.5 Å². The SMILES string of the molecule is CCSCCN1C(=O)C(C)(CC)NC(=O)C1(C)CC. The number of amides is 2. The predicted molar refractivity (Wildman–Crippen MR) is 80.2 cm³/mol. The van der Waals surface area contributed by atoms with Crippen LogP contribution in [0.1, 0.15) is 47.5 Å². The van der Waals surface area contributed by atoms with Gasteiger partial charge in [0.15, 0.2) is 0 Å². The molecular weight excluding hydrogens is 260 g/mol. The standard InChI is InChI=1S/C14H26N2O2S/c1-6-13(4)12(18)16(9-10-19-8-3)14(5,7-2)11(17)15-13/h6-10H2,1-5H3,(H,15,17). The number of hydrogen-bond donors (Lipinski definition) is 1. The van der Waals surface area contributed by atoms with Crippen LogP contribution in [0.5, 0.6) is 0 Å². The quantitative estimate of drug-likeness (QED) is 0.760. The highest BCUT2D eigenvalue weighted by atomic mass is 32.2. The summed E-state index contributed by atoms with van der Waals surface area (Å²) in [5.41, 5.74) is -1.46. The second-order valence-corrected chi connectivity index (χ2v) is 6.81. The van der Waals surface area contributed by atoms with Gasteiger partial charge in [-0.2, -0.15) is 11.8 Å². The lowest BCUT2D eigenvalue weighted by atomic mass is 9.84. The number of hydrogen-bond acceptors (Lipinski definition) is 3. The molecular formula is C14H26N2O2S. The van der Waals surface area contributed by atoms with Crippen molar-refractivity contribution in [2.75, 3.05) is 18.1 Å². The Morgan fingerprint density at radius 1 is 1.16 bits per heavy atom. The average molecular weight is 286 g/mol. The Labute approximate surface area is 120 Å². The molecule has 0 radical (unpaired) electrons. The smallest absolute Gasteiger partial charge is 0.248 e. The van der Waals surface area contributed by atoms with Gasteiger partial charge in [0, 0.05) is 12.3 Å². The third-order valence-electron chi connectivity index (χ3n) is 4.25. The van der Waals surface area contributed by atoms with Crippen molar-refractivity contribution in [3.05, 3.63) is 0 Å². The molecule has 2 unspecified atom stereocenters. The largest absolute Gasteiger partial charge is 0.340 e. The first kappa shape index (κ1) is 16.3. The molecule has 1 N–H and O–H groups in total. The van der Waals surface area contributed by atoms with Gasteiger partial charge in [0.1, 0.15) is 11.1 Å². The number of rotatable bonds is 6. The van der Waals surface area contributed by atoms with Crippen LogP contribution in [0, 0.1) is 0 Å². The molecule has 0 aromatic heterocycles. The lowest BCUT2D eigenvalue weighted by Crippen LogP contribution is -2.74. The summed E-state index contributed by atoms with van der Waals surface area (Å²) in [6, 6.07) is 0. The van der Waals surface area contributed by atoms with E-state index < -0.39 is 11.1 Å². The number of nitrogens with one attached hydrogen (secondary N) is 1. The van der Waals surface area contributed by atoms with Gasteiger partial charge in [-0.05, 0) is 32.4 Å². The van der Waals surface area contributed by atoms with Gasteiger partial charge >= 0.3 is 0 Å². The van der Waals surface area contributed by atoms with Gasteiger partial charge in [0.25, 0.3) is 0 Å². The van der Waals surface area contributed by atoms with Gasteiger partial charge < -0.3 is 10.2 Å². The van der Waals surface area contributed by atoms with E-state index in [2.05, 4.69) is 12.2 Å². The summed E-state index contributed by atoms with van der Waals surface area (Å²) < 4.78 is 0. The molecule has 0 bridgehead atoms. The third kappa shape index (κ3) is 2.91. The molecule has 0 spiro atoms. The summed E-state index contributed by atoms with van der Waals surface area (Å²) in [4.78, 5) is 26.9. The first-order valence-electron chi connectivity index (χ1n) is 7.08. The molecule has 1 aliphatic rings. The van der Waals surface area contributed by atoms with Crippen molar-refractivity contribution >= 4 is 23.6 Å². The van der Waals surface area contributed by atoms with E-state index in [9.17, 15) is 9.59 Å². The minimum Gasteiger partial charge on any atom is -0.340 e. The molecule has 1 aliphatic heterocycles. The Balaban J connectivity index is 3.01. The van der Waals surface area contributed by atoms with Gasteiger partial charge in [0.2, 0.25) is 11.8 Å². The van der Waals surface area contributed by atoms with Crippen LogP contribution in [0.25, 0.3) is 0 Å². The van der Waals surface area contributed by atoms with E-state index >= 15 is 0 Å². The monoisotopic (exact) mass is 286 g/mol. The summed E-state index contributed by atoms with van der Waals surface area (Å²) in [6.07, 6.45) is 1.26. The topological polar surface area (TPSA) is 49.4 Å². The minimum atomic E-state index is -0.747. The maximum Gasteiger partial charge on any atom is 0.248 e. The Bertz CT molecular complexity index is 361. The summed E-state index contributed by atoms with van der Waals surface area (Å²) in [7, 11) is 0. The van der Waals surface area contributed by atoms with Crippen LogP contribution in [0.3, 0.4) is 0 Å². The maximum atomic E-state index is 12.7. The summed E-state index contributed by atoms with van der Waals surface area (Å²) in [5.74, 6) is 1.93. The van der Waals surface area contributed by atoms with Crippen LogP contribution < -0.4 is 5.32 Å². The van der Waals surface area contributed by atoms with Crippen LogP contribution in [0.4, 0.5) is 0 Å². The summed E-state index contributed by atoms with van der Waals surface area (Å²) in [6.45, 7) is 10.3. The highest BCUT2D eigenvalue weighted by Crippen LogP contribution is 2.30. The van der Waals surface area contributed by atoms with Crippen molar-refractivity contribution in [2.24, 2.45) is 0 Å². The van der Waals surface area contributed by atoms with Crippen LogP contribution in [-0.4, -0.2) is 45.8 Å². The molecule has 0 saturated carbocycles. The van der Waals surface area contributed by atoms with Crippen LogP contribution >= 0.6 is 11.8 Å². The molecule has 4 nitrogen and oxygen atoms in total. The molecule has 110 valence electrons. The van der Waals surface area contributed by atoms with E-state index in [1.807, 2.05) is 27.7 Å². The molecule has 1 heterocycles. The zero-order chi connectivity index (χ0) is 14.7. The third-order valence-corrected chi connectivity index (χ3v) is 5.13. The summed E-state index contributed by atoms with van der Waals surface area (Å²) in [5, 5.41) is 2.92. The fourth-order valence-corrected chi connectivity index (χ4v) is 2.92. The maximum absolute atomic E-state index is 12.7. The van der Waals surface area contributed by atoms with E-state index in [1.165, 1.54) is 0 Å². The first-order valence-corrected chi connectivity index (χ1v) is 8.23. The Kier molecular flexibility index (Phi) is 5.30. The lowest BCUT2D eigenvalue weighted by molar-refractivity contribution is -0.161. The van der Waals surface area contributed by atoms with Crippen molar-refractivity contribution in [2.45, 2.75) is 58.5 Å². The van der Waals surface area contributed by atoms with E-state index in [1.54, 1.807) is 16.7 Å². The van der Waals surface area contributed by atoms with Crippen molar-refractivity contribution in [1.82, 2.24) is 10.2 Å². The molecule has 5 heteroatoms. The zero-order valence-electron chi connectivity index (χ0n) is 12.7. The highest BCUT2D eigenvalue weighted by molar-refractivity contribution is 7.99. The number of piperazine rings is 1. The molecule has 1 rings (SSSR count). The minimum absolute atomic E-state index is 0.0274. The number of carbonyl (C=O) groups excluding carboxylic acids is 2. The molecule has 19 heavy (non-hydrogen) atoms. The fourth-order valence-electron chi connectivity index (χ4n) is 2.32. The van der Waals surface area contributed by atoms with Gasteiger partial charge in [0.05, 0.1) is 0 Å². The van der Waals surface area contributed by atoms with Crippen molar-refractivity contribution in [1.29, 1.82) is 0 Å². The second kappa shape index (κ2) is 6.16. The Morgan fingerprint density at radius 2 is 1.79 bits per heavy atom. The van der Waals surface area contributed by atoms with Gasteiger partial charge in [-0.25, -0.2) is 0 Å². The first-order chi connectivity index (χ1) is 8.85. The zero-order valence-corrected chi connectivity index (χ0v) is 13.5. The Hall–Kier alpha value is -0.710. The average Bonchev–Trinajstić information content (AvgIpc) is 2.40. The number of carbonyl (C=O) groups is 2. The molecule has 1 saturated heterocycles. The number of nitrogens with zero attached hydrogens (tertiary/aromatic N) is 1. The van der Waals surface area contributed by atoms with Crippen LogP contribution in [0.15, 0.2) is 0 Å². The molecule has 0 aliphatic carbocycles. The molecule has 0 aromatic rings. The van der Waals surface area contributed by atoms with Crippen molar-refractivity contribution in [3.8, 4) is 0 Å². The Morgan fingerprint density at radius 3 is 2.26 bits per heavy atom. The van der Waals surface area contributed by atoms with Crippen LogP contribution in [0.2, 0.25) is 0 Å². The normalized spacial score (nSPS) is 31.5.